The van der Waals surface area contributed by atoms with Gasteiger partial charge in [0.25, 0.3) is 0 Å². The van der Waals surface area contributed by atoms with Crippen molar-refractivity contribution in [1.29, 1.82) is 0 Å². The smallest absolute Gasteiger partial charge is 0.183 e. The maximum Gasteiger partial charge on any atom is 0.183 e. The van der Waals surface area contributed by atoms with Gasteiger partial charge in [0.1, 0.15) is 11.4 Å². The van der Waals surface area contributed by atoms with Gasteiger partial charge in [0.2, 0.25) is 0 Å². The Labute approximate surface area is 97.2 Å². The Hall–Kier alpha value is -0.940. The average molecular weight is 239 g/mol. The Morgan fingerprint density at radius 3 is 2.73 bits per heavy atom. The zero-order valence-corrected chi connectivity index (χ0v) is 10.6. The molecule has 0 amide bonds. The molecule has 0 unspecified atom stereocenters. The van der Waals surface area contributed by atoms with Crippen LogP contribution >= 0.6 is 22.7 Å². The summed E-state index contributed by atoms with van der Waals surface area (Å²) in [5.41, 5.74) is 2.01. The third-order valence-electron chi connectivity index (χ3n) is 1.98. The van der Waals surface area contributed by atoms with Crippen LogP contribution in [0, 0.1) is 13.8 Å². The van der Waals surface area contributed by atoms with Gasteiger partial charge in [0.05, 0.1) is 5.01 Å². The van der Waals surface area contributed by atoms with Crippen molar-refractivity contribution in [2.24, 2.45) is 0 Å². The Bertz CT molecular complexity index is 459. The molecule has 2 aromatic rings. The molecule has 1 N–H and O–H groups in total. The molecule has 0 bridgehead atoms. The first kappa shape index (κ1) is 10.6. The first-order chi connectivity index (χ1) is 7.20. The lowest BCUT2D eigenvalue weighted by molar-refractivity contribution is 1.18. The highest BCUT2D eigenvalue weighted by molar-refractivity contribution is 7.14. The molecule has 5 heteroatoms. The lowest BCUT2D eigenvalue weighted by Crippen LogP contribution is -1.95. The predicted molar refractivity (Wildman–Crippen MR) is 66.9 cm³/mol. The maximum atomic E-state index is 4.50. The zero-order valence-electron chi connectivity index (χ0n) is 9.00. The summed E-state index contributed by atoms with van der Waals surface area (Å²) in [6, 6.07) is 0. The molecule has 0 atom stereocenters. The molecular weight excluding hydrogens is 226 g/mol. The van der Waals surface area contributed by atoms with Gasteiger partial charge in [-0.3, -0.25) is 0 Å². The minimum atomic E-state index is 0.905. The Morgan fingerprint density at radius 1 is 1.33 bits per heavy atom. The summed E-state index contributed by atoms with van der Waals surface area (Å²) in [5.74, 6) is 0. The number of aromatic nitrogens is 2. The molecule has 3 nitrogen and oxygen atoms in total. The fourth-order valence-electron chi connectivity index (χ4n) is 1.38. The predicted octanol–water partition coefficient (Wildman–Crippen LogP) is 3.32. The van der Waals surface area contributed by atoms with Gasteiger partial charge < -0.3 is 5.32 Å². The number of nitrogens with one attached hydrogen (secondary N) is 1. The van der Waals surface area contributed by atoms with Crippen LogP contribution in [0.15, 0.2) is 5.38 Å². The van der Waals surface area contributed by atoms with Crippen LogP contribution in [0.4, 0.5) is 5.13 Å². The van der Waals surface area contributed by atoms with Crippen LogP contribution in [-0.4, -0.2) is 16.5 Å². The van der Waals surface area contributed by atoms with E-state index in [4.69, 9.17) is 0 Å². The van der Waals surface area contributed by atoms with Crippen molar-refractivity contribution < 1.29 is 0 Å². The van der Waals surface area contributed by atoms with Crippen molar-refractivity contribution >= 4 is 27.8 Å². The summed E-state index contributed by atoms with van der Waals surface area (Å²) in [6.45, 7) is 7.09. The molecule has 2 heterocycles. The summed E-state index contributed by atoms with van der Waals surface area (Å²) < 4.78 is 0. The second-order valence-corrected chi connectivity index (χ2v) is 5.47. The van der Waals surface area contributed by atoms with E-state index >= 15 is 0 Å². The van der Waals surface area contributed by atoms with E-state index in [9.17, 15) is 0 Å². The number of anilines is 1. The fourth-order valence-corrected chi connectivity index (χ4v) is 2.97. The van der Waals surface area contributed by atoms with Crippen LogP contribution in [0.5, 0.6) is 0 Å². The van der Waals surface area contributed by atoms with Gasteiger partial charge in [0.15, 0.2) is 5.13 Å². The topological polar surface area (TPSA) is 37.8 Å². The van der Waals surface area contributed by atoms with Crippen LogP contribution in [0.25, 0.3) is 11.4 Å². The van der Waals surface area contributed by atoms with E-state index in [1.165, 1.54) is 4.88 Å². The molecule has 0 aliphatic rings. The molecule has 2 aromatic heterocycles. The van der Waals surface area contributed by atoms with E-state index in [0.717, 1.165) is 28.1 Å². The van der Waals surface area contributed by atoms with Crippen LogP contribution < -0.4 is 5.32 Å². The number of nitrogens with zero attached hydrogens (tertiary/aromatic N) is 2. The standard InChI is InChI=1S/C10H13N3S2/c1-4-11-10-13-8(5-14-10)9-6(2)15-7(3)12-9/h5H,4H2,1-3H3,(H,11,13). The summed E-state index contributed by atoms with van der Waals surface area (Å²) in [4.78, 5) is 10.2. The van der Waals surface area contributed by atoms with Crippen molar-refractivity contribution in [2.45, 2.75) is 20.8 Å². The molecule has 0 saturated carbocycles. The minimum absolute atomic E-state index is 0.905. The highest BCUT2D eigenvalue weighted by Gasteiger charge is 2.10. The van der Waals surface area contributed by atoms with E-state index in [1.54, 1.807) is 22.7 Å². The van der Waals surface area contributed by atoms with Gasteiger partial charge in [-0.15, -0.1) is 22.7 Å². The number of hydrogen-bond acceptors (Lipinski definition) is 5. The van der Waals surface area contributed by atoms with Crippen molar-refractivity contribution in [3.05, 3.63) is 15.3 Å². The molecule has 0 radical (unpaired) electrons. The van der Waals surface area contributed by atoms with Crippen LogP contribution in [0.1, 0.15) is 16.8 Å². The van der Waals surface area contributed by atoms with Gasteiger partial charge in [-0.05, 0) is 20.8 Å². The molecule has 0 fully saturated rings. The number of hydrogen-bond donors (Lipinski definition) is 1. The van der Waals surface area contributed by atoms with Crippen molar-refractivity contribution in [2.75, 3.05) is 11.9 Å². The van der Waals surface area contributed by atoms with E-state index in [2.05, 4.69) is 34.5 Å². The normalized spacial score (nSPS) is 10.6. The van der Waals surface area contributed by atoms with E-state index in [1.807, 2.05) is 6.92 Å². The molecule has 15 heavy (non-hydrogen) atoms. The quantitative estimate of drug-likeness (QED) is 0.893. The van der Waals surface area contributed by atoms with Crippen molar-refractivity contribution in [3.8, 4) is 11.4 Å². The van der Waals surface area contributed by atoms with Crippen molar-refractivity contribution in [3.63, 3.8) is 0 Å². The van der Waals surface area contributed by atoms with E-state index in [0.29, 0.717) is 0 Å². The summed E-state index contributed by atoms with van der Waals surface area (Å²) in [5, 5.41) is 7.33. The molecule has 0 aliphatic carbocycles. The lowest BCUT2D eigenvalue weighted by atomic mass is 10.3. The van der Waals surface area contributed by atoms with Crippen LogP contribution in [-0.2, 0) is 0 Å². The fraction of sp³-hybridized carbons (Fsp3) is 0.400. The molecule has 80 valence electrons. The van der Waals surface area contributed by atoms with Crippen LogP contribution in [0.2, 0.25) is 0 Å². The number of aryl methyl sites for hydroxylation is 2. The largest absolute Gasteiger partial charge is 0.362 e. The molecule has 0 aliphatic heterocycles. The van der Waals surface area contributed by atoms with E-state index in [-0.39, 0.29) is 0 Å². The number of rotatable bonds is 3. The zero-order chi connectivity index (χ0) is 10.8. The molecule has 2 rings (SSSR count). The third kappa shape index (κ3) is 2.18. The summed E-state index contributed by atoms with van der Waals surface area (Å²) in [7, 11) is 0. The SMILES string of the molecule is CCNc1nc(-c2nc(C)sc2C)cs1. The Kier molecular flexibility index (Phi) is 3.02. The van der Waals surface area contributed by atoms with Crippen molar-refractivity contribution in [1.82, 2.24) is 9.97 Å². The van der Waals surface area contributed by atoms with Gasteiger partial charge in [-0.25, -0.2) is 9.97 Å². The Balaban J connectivity index is 2.32. The van der Waals surface area contributed by atoms with Gasteiger partial charge in [-0.1, -0.05) is 0 Å². The Morgan fingerprint density at radius 2 is 2.13 bits per heavy atom. The van der Waals surface area contributed by atoms with Gasteiger partial charge >= 0.3 is 0 Å². The second-order valence-electron chi connectivity index (χ2n) is 3.21. The molecular formula is C10H13N3S2. The molecule has 0 saturated heterocycles. The molecule has 0 spiro atoms. The monoisotopic (exact) mass is 239 g/mol. The van der Waals surface area contributed by atoms with Gasteiger partial charge in [0, 0.05) is 16.8 Å². The third-order valence-corrected chi connectivity index (χ3v) is 3.66. The average Bonchev–Trinajstić information content (AvgIpc) is 2.73. The second kappa shape index (κ2) is 4.28. The van der Waals surface area contributed by atoms with Gasteiger partial charge in [-0.2, -0.15) is 0 Å². The highest BCUT2D eigenvalue weighted by Crippen LogP contribution is 2.29. The highest BCUT2D eigenvalue weighted by atomic mass is 32.1. The lowest BCUT2D eigenvalue weighted by Gasteiger charge is -1.94. The number of thiazole rings is 2. The first-order valence-electron chi connectivity index (χ1n) is 4.84. The minimum Gasteiger partial charge on any atom is -0.362 e. The van der Waals surface area contributed by atoms with E-state index < -0.39 is 0 Å². The van der Waals surface area contributed by atoms with Crippen LogP contribution in [0.3, 0.4) is 0 Å². The summed E-state index contributed by atoms with van der Waals surface area (Å²) >= 11 is 3.35. The molecule has 0 aromatic carbocycles. The maximum absolute atomic E-state index is 4.50. The summed E-state index contributed by atoms with van der Waals surface area (Å²) in [6.07, 6.45) is 0. The first-order valence-corrected chi connectivity index (χ1v) is 6.54.